The number of nitrogens with two attached hydrogens (primary N) is 1. The van der Waals surface area contributed by atoms with Gasteiger partial charge in [-0.1, -0.05) is 6.08 Å². The predicted molar refractivity (Wildman–Crippen MR) is 66.8 cm³/mol. The topological polar surface area (TPSA) is 124 Å². The molecule has 0 saturated carbocycles. The number of aromatic nitrogens is 2. The number of anilines is 1. The fourth-order valence-corrected chi connectivity index (χ4v) is 1.30. The number of Topliss-reactive ketones (excluding diaryl/α,β-unsaturated/α-hetero) is 1. The van der Waals surface area contributed by atoms with E-state index in [4.69, 9.17) is 5.73 Å². The third kappa shape index (κ3) is 3.18. The summed E-state index contributed by atoms with van der Waals surface area (Å²) < 4.78 is 5.53. The molecule has 0 amide bonds. The van der Waals surface area contributed by atoms with E-state index in [1.807, 2.05) is 4.98 Å². The molecule has 0 aliphatic carbocycles. The van der Waals surface area contributed by atoms with Crippen LogP contribution in [0, 0.1) is 0 Å². The van der Waals surface area contributed by atoms with Gasteiger partial charge in [-0.15, -0.1) is 0 Å². The number of carbonyl (C=O) groups excluding carboxylic acids is 2. The molecule has 8 heteroatoms. The van der Waals surface area contributed by atoms with Gasteiger partial charge < -0.3 is 10.5 Å². The van der Waals surface area contributed by atoms with E-state index in [-0.39, 0.29) is 5.82 Å². The smallest absolute Gasteiger partial charge is 0.330 e. The summed E-state index contributed by atoms with van der Waals surface area (Å²) in [6.45, 7) is 0.980. The molecule has 1 heterocycles. The minimum Gasteiger partial charge on any atom is -0.454 e. The Hall–Kier alpha value is -2.64. The maximum absolute atomic E-state index is 11.7. The Morgan fingerprint density at radius 3 is 2.63 bits per heavy atom. The van der Waals surface area contributed by atoms with Gasteiger partial charge in [0, 0.05) is 13.1 Å². The molecule has 0 bridgehead atoms. The first-order chi connectivity index (χ1) is 8.88. The van der Waals surface area contributed by atoms with E-state index in [0.717, 1.165) is 10.6 Å². The molecule has 0 aliphatic heterocycles. The van der Waals surface area contributed by atoms with Gasteiger partial charge in [0.05, 0.1) is 0 Å². The normalized spacial score (nSPS) is 10.6. The van der Waals surface area contributed by atoms with Crippen molar-refractivity contribution in [1.82, 2.24) is 9.55 Å². The SMILES string of the molecule is C/C=C/C(=O)OCC(=O)c1c(N)n(C)c(=O)[nH]c1=O. The van der Waals surface area contributed by atoms with Gasteiger partial charge in [0.15, 0.2) is 6.61 Å². The van der Waals surface area contributed by atoms with Crippen LogP contribution >= 0.6 is 0 Å². The lowest BCUT2D eigenvalue weighted by atomic mass is 10.2. The van der Waals surface area contributed by atoms with Crippen molar-refractivity contribution in [1.29, 1.82) is 0 Å². The summed E-state index contributed by atoms with van der Waals surface area (Å²) >= 11 is 0. The number of nitrogens with one attached hydrogen (secondary N) is 1. The third-order valence-corrected chi connectivity index (χ3v) is 2.30. The third-order valence-electron chi connectivity index (χ3n) is 2.30. The number of hydrogen-bond acceptors (Lipinski definition) is 6. The maximum atomic E-state index is 11.7. The van der Waals surface area contributed by atoms with E-state index < -0.39 is 35.2 Å². The van der Waals surface area contributed by atoms with Crippen LogP contribution in [0.1, 0.15) is 17.3 Å². The van der Waals surface area contributed by atoms with E-state index in [0.29, 0.717) is 0 Å². The summed E-state index contributed by atoms with van der Waals surface area (Å²) in [5.74, 6) is -1.77. The zero-order valence-electron chi connectivity index (χ0n) is 10.4. The minimum absolute atomic E-state index is 0.277. The van der Waals surface area contributed by atoms with Crippen LogP contribution in [0.15, 0.2) is 21.7 Å². The molecule has 0 radical (unpaired) electrons. The number of aromatic amines is 1. The first-order valence-corrected chi connectivity index (χ1v) is 5.30. The molecule has 102 valence electrons. The number of allylic oxidation sites excluding steroid dienone is 1. The number of carbonyl (C=O) groups is 2. The summed E-state index contributed by atoms with van der Waals surface area (Å²) in [5, 5.41) is 0. The highest BCUT2D eigenvalue weighted by Gasteiger charge is 2.18. The van der Waals surface area contributed by atoms with Crippen LogP contribution in [0.3, 0.4) is 0 Å². The summed E-state index contributed by atoms with van der Waals surface area (Å²) in [4.78, 5) is 47.4. The van der Waals surface area contributed by atoms with Gasteiger partial charge in [-0.05, 0) is 6.92 Å². The van der Waals surface area contributed by atoms with Crippen molar-refractivity contribution in [2.24, 2.45) is 7.05 Å². The summed E-state index contributed by atoms with van der Waals surface area (Å²) in [7, 11) is 1.30. The lowest BCUT2D eigenvalue weighted by molar-refractivity contribution is -0.136. The Bertz CT molecular complexity index is 653. The monoisotopic (exact) mass is 267 g/mol. The molecule has 0 atom stereocenters. The van der Waals surface area contributed by atoms with Crippen LogP contribution in [0.2, 0.25) is 0 Å². The molecule has 3 N–H and O–H groups in total. The predicted octanol–water partition coefficient (Wildman–Crippen LogP) is -1.04. The van der Waals surface area contributed by atoms with Crippen LogP contribution in [0.4, 0.5) is 5.82 Å². The fraction of sp³-hybridized carbons (Fsp3) is 0.273. The van der Waals surface area contributed by atoms with Crippen LogP contribution in [0.25, 0.3) is 0 Å². The number of esters is 1. The van der Waals surface area contributed by atoms with Gasteiger partial charge in [0.1, 0.15) is 11.4 Å². The largest absolute Gasteiger partial charge is 0.454 e. The van der Waals surface area contributed by atoms with Gasteiger partial charge in [0.25, 0.3) is 5.56 Å². The number of hydrogen-bond donors (Lipinski definition) is 2. The van der Waals surface area contributed by atoms with Crippen molar-refractivity contribution in [3.63, 3.8) is 0 Å². The Labute approximate surface area is 107 Å². The molecular formula is C11H13N3O5. The summed E-state index contributed by atoms with van der Waals surface area (Å²) in [6.07, 6.45) is 2.57. The molecule has 0 aromatic carbocycles. The molecule has 0 unspecified atom stereocenters. The Morgan fingerprint density at radius 1 is 1.42 bits per heavy atom. The van der Waals surface area contributed by atoms with Crippen molar-refractivity contribution >= 4 is 17.6 Å². The number of nitrogens with zero attached hydrogens (tertiary/aromatic N) is 1. The molecule has 1 rings (SSSR count). The Kier molecular flexibility index (Phi) is 4.41. The Morgan fingerprint density at radius 2 is 2.05 bits per heavy atom. The number of H-pyrrole nitrogens is 1. The van der Waals surface area contributed by atoms with Crippen LogP contribution < -0.4 is 17.0 Å². The van der Waals surface area contributed by atoms with Crippen molar-refractivity contribution in [3.8, 4) is 0 Å². The first kappa shape index (κ1) is 14.4. The molecular weight excluding hydrogens is 254 g/mol. The van der Waals surface area contributed by atoms with Crippen molar-refractivity contribution in [2.45, 2.75) is 6.92 Å². The zero-order valence-corrected chi connectivity index (χ0v) is 10.4. The van der Waals surface area contributed by atoms with Gasteiger partial charge >= 0.3 is 11.7 Å². The highest BCUT2D eigenvalue weighted by Crippen LogP contribution is 2.03. The molecule has 8 nitrogen and oxygen atoms in total. The average Bonchev–Trinajstić information content (AvgIpc) is 2.34. The Balaban J connectivity index is 3.02. The van der Waals surface area contributed by atoms with E-state index in [2.05, 4.69) is 4.74 Å². The highest BCUT2D eigenvalue weighted by atomic mass is 16.5. The molecule has 0 spiro atoms. The van der Waals surface area contributed by atoms with Gasteiger partial charge in [-0.2, -0.15) is 0 Å². The first-order valence-electron chi connectivity index (χ1n) is 5.30. The fourth-order valence-electron chi connectivity index (χ4n) is 1.30. The number of ether oxygens (including phenoxy) is 1. The quantitative estimate of drug-likeness (QED) is 0.408. The van der Waals surface area contributed by atoms with Crippen LogP contribution in [0.5, 0.6) is 0 Å². The average molecular weight is 267 g/mol. The van der Waals surface area contributed by atoms with Gasteiger partial charge in [-0.3, -0.25) is 19.1 Å². The zero-order chi connectivity index (χ0) is 14.6. The molecule has 19 heavy (non-hydrogen) atoms. The van der Waals surface area contributed by atoms with E-state index in [1.165, 1.54) is 13.1 Å². The number of nitrogen functional groups attached to an aromatic ring is 1. The standard InChI is InChI=1S/C11H13N3O5/c1-3-4-7(16)19-5-6(15)8-9(12)14(2)11(18)13-10(8)17/h3-4H,5,12H2,1-2H3,(H,13,17,18)/b4-3+. The van der Waals surface area contributed by atoms with Crippen molar-refractivity contribution in [3.05, 3.63) is 38.6 Å². The second kappa shape index (κ2) is 5.80. The molecule has 0 saturated heterocycles. The maximum Gasteiger partial charge on any atom is 0.330 e. The number of ketones is 1. The highest BCUT2D eigenvalue weighted by molar-refractivity contribution is 6.01. The summed E-state index contributed by atoms with van der Waals surface area (Å²) in [6, 6.07) is 0. The van der Waals surface area contributed by atoms with E-state index in [9.17, 15) is 19.2 Å². The molecule has 1 aromatic heterocycles. The van der Waals surface area contributed by atoms with Gasteiger partial charge in [-0.25, -0.2) is 9.59 Å². The second-order valence-electron chi connectivity index (χ2n) is 3.61. The lowest BCUT2D eigenvalue weighted by Crippen LogP contribution is -2.35. The second-order valence-corrected chi connectivity index (χ2v) is 3.61. The van der Waals surface area contributed by atoms with Crippen molar-refractivity contribution < 1.29 is 14.3 Å². The molecule has 0 fully saturated rings. The lowest BCUT2D eigenvalue weighted by Gasteiger charge is -2.07. The number of rotatable bonds is 4. The van der Waals surface area contributed by atoms with E-state index >= 15 is 0 Å². The molecule has 0 aliphatic rings. The van der Waals surface area contributed by atoms with Crippen molar-refractivity contribution in [2.75, 3.05) is 12.3 Å². The minimum atomic E-state index is -0.910. The van der Waals surface area contributed by atoms with Crippen LogP contribution in [-0.2, 0) is 16.6 Å². The van der Waals surface area contributed by atoms with Crippen LogP contribution in [-0.4, -0.2) is 27.9 Å². The molecule has 1 aromatic rings. The summed E-state index contributed by atoms with van der Waals surface area (Å²) in [5.41, 5.74) is 3.47. The van der Waals surface area contributed by atoms with E-state index in [1.54, 1.807) is 6.92 Å². The van der Waals surface area contributed by atoms with Gasteiger partial charge in [0.2, 0.25) is 5.78 Å².